The summed E-state index contributed by atoms with van der Waals surface area (Å²) in [4.78, 5) is 4.49. The van der Waals surface area contributed by atoms with Crippen molar-refractivity contribution in [3.63, 3.8) is 0 Å². The first-order chi connectivity index (χ1) is 8.28. The second kappa shape index (κ2) is 5.44. The summed E-state index contributed by atoms with van der Waals surface area (Å²) in [6.07, 6.45) is 2.96. The third-order valence-electron chi connectivity index (χ3n) is 2.76. The molecule has 0 N–H and O–H groups in total. The van der Waals surface area contributed by atoms with Crippen molar-refractivity contribution < 1.29 is 0 Å². The van der Waals surface area contributed by atoms with Crippen molar-refractivity contribution in [2.45, 2.75) is 20.3 Å². The lowest BCUT2D eigenvalue weighted by Crippen LogP contribution is -1.81. The van der Waals surface area contributed by atoms with Crippen LogP contribution in [-0.2, 0) is 6.42 Å². The Labute approximate surface area is 103 Å². The average Bonchev–Trinajstić information content (AvgIpc) is 2.38. The number of rotatable bonds is 3. The van der Waals surface area contributed by atoms with E-state index in [4.69, 9.17) is 0 Å². The van der Waals surface area contributed by atoms with Gasteiger partial charge in [0, 0.05) is 6.21 Å². The topological polar surface area (TPSA) is 12.4 Å². The lowest BCUT2D eigenvalue weighted by molar-refractivity contribution is 1.14. The third kappa shape index (κ3) is 3.28. The summed E-state index contributed by atoms with van der Waals surface area (Å²) in [5.41, 5.74) is 4.75. The molecule has 1 heteroatoms. The molecule has 86 valence electrons. The van der Waals surface area contributed by atoms with Crippen molar-refractivity contribution in [2.24, 2.45) is 4.99 Å². The van der Waals surface area contributed by atoms with E-state index in [0.29, 0.717) is 0 Å². The Kier molecular flexibility index (Phi) is 3.71. The number of hydrogen-bond acceptors (Lipinski definition) is 1. The van der Waals surface area contributed by atoms with Crippen molar-refractivity contribution in [2.75, 3.05) is 0 Å². The van der Waals surface area contributed by atoms with E-state index in [2.05, 4.69) is 61.3 Å². The molecule has 0 aliphatic rings. The van der Waals surface area contributed by atoms with Crippen LogP contribution in [0.4, 0.5) is 5.69 Å². The molecule has 0 unspecified atom stereocenters. The van der Waals surface area contributed by atoms with Gasteiger partial charge >= 0.3 is 0 Å². The summed E-state index contributed by atoms with van der Waals surface area (Å²) in [5.74, 6) is 0. The van der Waals surface area contributed by atoms with Crippen molar-refractivity contribution in [1.29, 1.82) is 0 Å². The summed E-state index contributed by atoms with van der Waals surface area (Å²) >= 11 is 0. The van der Waals surface area contributed by atoms with E-state index in [-0.39, 0.29) is 0 Å². The van der Waals surface area contributed by atoms with Gasteiger partial charge in [0.25, 0.3) is 0 Å². The van der Waals surface area contributed by atoms with Crippen LogP contribution < -0.4 is 0 Å². The molecule has 0 aromatic heterocycles. The Morgan fingerprint density at radius 2 is 1.82 bits per heavy atom. The van der Waals surface area contributed by atoms with Gasteiger partial charge in [-0.15, -0.1) is 0 Å². The predicted molar refractivity (Wildman–Crippen MR) is 74.3 cm³/mol. The largest absolute Gasteiger partial charge is 0.256 e. The molecule has 0 amide bonds. The van der Waals surface area contributed by atoms with Crippen LogP contribution in [0.3, 0.4) is 0 Å². The number of nitrogens with zero attached hydrogens (tertiary/aromatic N) is 1. The fraction of sp³-hybridized carbons (Fsp3) is 0.188. The first-order valence-corrected chi connectivity index (χ1v) is 5.97. The minimum atomic E-state index is 1.02. The monoisotopic (exact) mass is 223 g/mol. The normalized spacial score (nSPS) is 10.9. The molecule has 0 atom stereocenters. The average molecular weight is 223 g/mol. The standard InChI is InChI=1S/C16H17N/c1-3-14-5-4-6-16(11-14)17-12-15-9-7-13(2)8-10-15/h4-12H,3H2,1-2H3. The summed E-state index contributed by atoms with van der Waals surface area (Å²) in [5, 5.41) is 0. The molecule has 2 aromatic carbocycles. The van der Waals surface area contributed by atoms with Gasteiger partial charge in [0.1, 0.15) is 0 Å². The van der Waals surface area contributed by atoms with Gasteiger partial charge in [0.15, 0.2) is 0 Å². The summed E-state index contributed by atoms with van der Waals surface area (Å²) in [7, 11) is 0. The van der Waals surface area contributed by atoms with Crippen molar-refractivity contribution in [3.05, 3.63) is 65.2 Å². The highest BCUT2D eigenvalue weighted by atomic mass is 14.7. The first-order valence-electron chi connectivity index (χ1n) is 5.97. The fourth-order valence-electron chi connectivity index (χ4n) is 1.66. The van der Waals surface area contributed by atoms with Gasteiger partial charge in [-0.1, -0.05) is 48.9 Å². The molecule has 0 aliphatic carbocycles. The SMILES string of the molecule is CCc1cccc(N=Cc2ccc(C)cc2)c1. The van der Waals surface area contributed by atoms with Gasteiger partial charge < -0.3 is 0 Å². The van der Waals surface area contributed by atoms with Gasteiger partial charge in [0.2, 0.25) is 0 Å². The van der Waals surface area contributed by atoms with E-state index in [0.717, 1.165) is 17.7 Å². The molecule has 1 nitrogen and oxygen atoms in total. The van der Waals surface area contributed by atoms with Crippen LogP contribution in [0.5, 0.6) is 0 Å². The third-order valence-corrected chi connectivity index (χ3v) is 2.76. The predicted octanol–water partition coefficient (Wildman–Crippen LogP) is 4.31. The first kappa shape index (κ1) is 11.6. The maximum absolute atomic E-state index is 4.49. The van der Waals surface area contributed by atoms with Crippen LogP contribution in [0.15, 0.2) is 53.5 Å². The van der Waals surface area contributed by atoms with Crippen molar-refractivity contribution in [3.8, 4) is 0 Å². The molecule has 0 aliphatic heterocycles. The lowest BCUT2D eigenvalue weighted by atomic mass is 10.1. The Balaban J connectivity index is 2.16. The molecule has 17 heavy (non-hydrogen) atoms. The molecule has 0 heterocycles. The highest BCUT2D eigenvalue weighted by Crippen LogP contribution is 2.14. The molecule has 0 bridgehead atoms. The summed E-state index contributed by atoms with van der Waals surface area (Å²) < 4.78 is 0. The second-order valence-electron chi connectivity index (χ2n) is 4.19. The lowest BCUT2D eigenvalue weighted by Gasteiger charge is -1.98. The number of hydrogen-bond donors (Lipinski definition) is 0. The van der Waals surface area contributed by atoms with E-state index < -0.39 is 0 Å². The summed E-state index contributed by atoms with van der Waals surface area (Å²) in [6, 6.07) is 16.7. The Morgan fingerprint density at radius 3 is 2.53 bits per heavy atom. The van der Waals surface area contributed by atoms with E-state index in [9.17, 15) is 0 Å². The molecule has 2 rings (SSSR count). The zero-order valence-corrected chi connectivity index (χ0v) is 10.4. The molecular formula is C16H17N. The number of benzene rings is 2. The number of aryl methyl sites for hydroxylation is 2. The van der Waals surface area contributed by atoms with E-state index >= 15 is 0 Å². The van der Waals surface area contributed by atoms with Gasteiger partial charge in [-0.2, -0.15) is 0 Å². The van der Waals surface area contributed by atoms with Crippen LogP contribution in [-0.4, -0.2) is 6.21 Å². The quantitative estimate of drug-likeness (QED) is 0.688. The molecular weight excluding hydrogens is 206 g/mol. The molecule has 0 fully saturated rings. The van der Waals surface area contributed by atoms with Gasteiger partial charge in [-0.3, -0.25) is 4.99 Å². The van der Waals surface area contributed by atoms with Crippen LogP contribution >= 0.6 is 0 Å². The molecule has 0 saturated heterocycles. The van der Waals surface area contributed by atoms with Gasteiger partial charge in [-0.25, -0.2) is 0 Å². The van der Waals surface area contributed by atoms with E-state index in [1.807, 2.05) is 12.3 Å². The van der Waals surface area contributed by atoms with Gasteiger partial charge in [0.05, 0.1) is 5.69 Å². The molecule has 0 saturated carbocycles. The van der Waals surface area contributed by atoms with Crippen molar-refractivity contribution in [1.82, 2.24) is 0 Å². The van der Waals surface area contributed by atoms with Crippen molar-refractivity contribution >= 4 is 11.9 Å². The smallest absolute Gasteiger partial charge is 0.0632 e. The highest BCUT2D eigenvalue weighted by molar-refractivity contribution is 5.81. The molecule has 0 radical (unpaired) electrons. The van der Waals surface area contributed by atoms with Crippen LogP contribution in [0, 0.1) is 6.92 Å². The Bertz CT molecular complexity index is 509. The Hall–Kier alpha value is -1.89. The maximum Gasteiger partial charge on any atom is 0.0632 e. The number of aliphatic imine (C=N–C) groups is 1. The van der Waals surface area contributed by atoms with Crippen LogP contribution in [0.2, 0.25) is 0 Å². The van der Waals surface area contributed by atoms with E-state index in [1.165, 1.54) is 11.1 Å². The molecule has 2 aromatic rings. The van der Waals surface area contributed by atoms with E-state index in [1.54, 1.807) is 0 Å². The van der Waals surface area contributed by atoms with Gasteiger partial charge in [-0.05, 0) is 36.6 Å². The minimum absolute atomic E-state index is 1.02. The zero-order chi connectivity index (χ0) is 12.1. The van der Waals surface area contributed by atoms with Crippen LogP contribution in [0.25, 0.3) is 0 Å². The molecule has 0 spiro atoms. The fourth-order valence-corrected chi connectivity index (χ4v) is 1.66. The maximum atomic E-state index is 4.49. The van der Waals surface area contributed by atoms with Crippen LogP contribution in [0.1, 0.15) is 23.6 Å². The zero-order valence-electron chi connectivity index (χ0n) is 10.4. The highest BCUT2D eigenvalue weighted by Gasteiger charge is 1.92. The minimum Gasteiger partial charge on any atom is -0.256 e. The second-order valence-corrected chi connectivity index (χ2v) is 4.19. The Morgan fingerprint density at radius 1 is 1.06 bits per heavy atom. The summed E-state index contributed by atoms with van der Waals surface area (Å²) in [6.45, 7) is 4.24.